The van der Waals surface area contributed by atoms with Crippen LogP contribution in [0, 0.1) is 20.2 Å². The molecule has 0 aliphatic heterocycles. The highest BCUT2D eigenvalue weighted by atomic mass is 32.2. The van der Waals surface area contributed by atoms with Gasteiger partial charge in [0.2, 0.25) is 0 Å². The number of thiol groups is 1. The van der Waals surface area contributed by atoms with E-state index in [-0.39, 0.29) is 37.6 Å². The van der Waals surface area contributed by atoms with E-state index in [1.54, 1.807) is 6.07 Å². The number of hydrogen-bond acceptors (Lipinski definition) is 13. The maximum Gasteiger partial charge on any atom is 0.312 e. The third kappa shape index (κ3) is 13.1. The quantitative estimate of drug-likeness (QED) is 0.0817. The zero-order valence-corrected chi connectivity index (χ0v) is 19.4. The van der Waals surface area contributed by atoms with Crippen LogP contribution in [0.2, 0.25) is 0 Å². The Morgan fingerprint density at radius 2 is 1.41 bits per heavy atom. The molecular weight excluding hydrogens is 488 g/mol. The maximum absolute atomic E-state index is 12.0. The van der Waals surface area contributed by atoms with Crippen LogP contribution in [0.1, 0.15) is 18.4 Å². The molecule has 0 N–H and O–H groups in total. The molecule has 178 valence electrons. The van der Waals surface area contributed by atoms with E-state index in [1.807, 2.05) is 0 Å². The number of esters is 2. The van der Waals surface area contributed by atoms with Gasteiger partial charge in [-0.1, -0.05) is 0 Å². The molecule has 0 unspecified atom stereocenters. The lowest BCUT2D eigenvalue weighted by molar-refractivity contribution is -0.756. The molecule has 0 amide bonds. The highest BCUT2D eigenvalue weighted by Crippen LogP contribution is 2.26. The fourth-order valence-corrected chi connectivity index (χ4v) is 3.72. The van der Waals surface area contributed by atoms with Crippen LogP contribution in [0.25, 0.3) is 0 Å². The predicted molar refractivity (Wildman–Crippen MR) is 120 cm³/mol. The summed E-state index contributed by atoms with van der Waals surface area (Å²) in [5.74, 6) is 1.47. The molecule has 0 heterocycles. The molecule has 1 aromatic carbocycles. The standard InChI is InChI=1S/C17H22N2O10S3/c20-16(3-7-31-9-5-26-18(22)23)28-14-1-2-15(13(11-14)12-30)29-17(21)4-8-32-10-6-27-19(24)25/h1-2,11,30H,3-10,12H2. The fourth-order valence-electron chi connectivity index (χ4n) is 2.06. The normalized spacial score (nSPS) is 10.3. The van der Waals surface area contributed by atoms with Gasteiger partial charge in [-0.05, 0) is 18.2 Å². The van der Waals surface area contributed by atoms with Crippen molar-refractivity contribution in [3.05, 3.63) is 44.0 Å². The Labute approximate surface area is 197 Å². The molecule has 0 saturated heterocycles. The number of benzene rings is 1. The van der Waals surface area contributed by atoms with Crippen molar-refractivity contribution >= 4 is 48.1 Å². The second-order valence-corrected chi connectivity index (χ2v) is 8.48. The monoisotopic (exact) mass is 510 g/mol. The van der Waals surface area contributed by atoms with Crippen LogP contribution >= 0.6 is 36.2 Å². The van der Waals surface area contributed by atoms with Gasteiger partial charge in [0, 0.05) is 34.3 Å². The average molecular weight is 511 g/mol. The second-order valence-electron chi connectivity index (χ2n) is 5.71. The Morgan fingerprint density at radius 3 is 1.91 bits per heavy atom. The number of carbonyl (C=O) groups excluding carboxylic acids is 2. The number of ether oxygens (including phenoxy) is 2. The number of carbonyl (C=O) groups is 2. The minimum atomic E-state index is -0.869. The van der Waals surface area contributed by atoms with Crippen molar-refractivity contribution in [3.8, 4) is 11.5 Å². The van der Waals surface area contributed by atoms with E-state index in [0.717, 1.165) is 0 Å². The molecule has 0 aliphatic carbocycles. The molecule has 15 heteroatoms. The highest BCUT2D eigenvalue weighted by molar-refractivity contribution is 7.99. The van der Waals surface area contributed by atoms with Crippen LogP contribution in [-0.4, -0.2) is 58.3 Å². The topological polar surface area (TPSA) is 157 Å². The molecule has 0 radical (unpaired) electrons. The van der Waals surface area contributed by atoms with Gasteiger partial charge in [-0.15, -0.1) is 20.2 Å². The van der Waals surface area contributed by atoms with Crippen molar-refractivity contribution in [1.82, 2.24) is 0 Å². The molecule has 0 bridgehead atoms. The van der Waals surface area contributed by atoms with Gasteiger partial charge in [-0.2, -0.15) is 36.2 Å². The number of rotatable bonds is 17. The number of nitrogens with zero attached hydrogens (tertiary/aromatic N) is 2. The van der Waals surface area contributed by atoms with E-state index in [2.05, 4.69) is 22.3 Å². The van der Waals surface area contributed by atoms with E-state index in [1.165, 1.54) is 35.7 Å². The summed E-state index contributed by atoms with van der Waals surface area (Å²) in [6, 6.07) is 4.55. The molecule has 1 aromatic rings. The van der Waals surface area contributed by atoms with Crippen molar-refractivity contribution in [2.45, 2.75) is 18.6 Å². The molecule has 0 spiro atoms. The average Bonchev–Trinajstić information content (AvgIpc) is 2.73. The summed E-state index contributed by atoms with van der Waals surface area (Å²) in [6.45, 7) is -0.0989. The Hall–Kier alpha value is -2.39. The first kappa shape index (κ1) is 27.6. The van der Waals surface area contributed by atoms with E-state index in [0.29, 0.717) is 34.3 Å². The highest BCUT2D eigenvalue weighted by Gasteiger charge is 2.12. The molecule has 0 saturated carbocycles. The van der Waals surface area contributed by atoms with Crippen LogP contribution < -0.4 is 9.47 Å². The first-order valence-corrected chi connectivity index (χ1v) is 12.1. The third-order valence-electron chi connectivity index (χ3n) is 3.41. The SMILES string of the molecule is O=C(CCSCCO[N+](=O)[O-])Oc1ccc(OC(=O)CCSCCO[N+](=O)[O-])c(CS)c1. The second kappa shape index (κ2) is 16.3. The van der Waals surface area contributed by atoms with Crippen molar-refractivity contribution in [2.75, 3.05) is 36.2 Å². The Kier molecular flexibility index (Phi) is 14.1. The Balaban J connectivity index is 2.37. The molecule has 0 fully saturated rings. The molecule has 12 nitrogen and oxygen atoms in total. The predicted octanol–water partition coefficient (Wildman–Crippen LogP) is 2.59. The van der Waals surface area contributed by atoms with E-state index < -0.39 is 22.1 Å². The van der Waals surface area contributed by atoms with Crippen LogP contribution in [0.3, 0.4) is 0 Å². The summed E-state index contributed by atoms with van der Waals surface area (Å²) in [6.07, 6.45) is 0.219. The summed E-state index contributed by atoms with van der Waals surface area (Å²) in [5.41, 5.74) is 0.560. The summed E-state index contributed by atoms with van der Waals surface area (Å²) >= 11 is 6.85. The smallest absolute Gasteiger partial charge is 0.312 e. The lowest BCUT2D eigenvalue weighted by Gasteiger charge is -2.11. The summed E-state index contributed by atoms with van der Waals surface area (Å²) in [7, 11) is 0. The molecule has 0 aliphatic rings. The van der Waals surface area contributed by atoms with Crippen molar-refractivity contribution in [3.63, 3.8) is 0 Å². The maximum atomic E-state index is 12.0. The zero-order chi connectivity index (χ0) is 23.8. The summed E-state index contributed by atoms with van der Waals surface area (Å²) < 4.78 is 10.6. The van der Waals surface area contributed by atoms with Crippen LogP contribution in [0.15, 0.2) is 18.2 Å². The van der Waals surface area contributed by atoms with Gasteiger partial charge in [0.1, 0.15) is 24.7 Å². The zero-order valence-electron chi connectivity index (χ0n) is 16.8. The Morgan fingerprint density at radius 1 is 0.875 bits per heavy atom. The van der Waals surface area contributed by atoms with E-state index in [4.69, 9.17) is 9.47 Å². The third-order valence-corrected chi connectivity index (χ3v) is 5.64. The first-order chi connectivity index (χ1) is 15.3. The van der Waals surface area contributed by atoms with Gasteiger partial charge in [-0.3, -0.25) is 9.59 Å². The molecular formula is C17H22N2O10S3. The lowest BCUT2D eigenvalue weighted by Crippen LogP contribution is -2.12. The summed E-state index contributed by atoms with van der Waals surface area (Å²) in [4.78, 5) is 52.3. The molecule has 32 heavy (non-hydrogen) atoms. The molecule has 1 rings (SSSR count). The van der Waals surface area contributed by atoms with Gasteiger partial charge < -0.3 is 19.1 Å². The van der Waals surface area contributed by atoms with Gasteiger partial charge in [0.05, 0.1) is 12.8 Å². The van der Waals surface area contributed by atoms with Gasteiger partial charge >= 0.3 is 11.9 Å². The fraction of sp³-hybridized carbons (Fsp3) is 0.529. The van der Waals surface area contributed by atoms with Crippen molar-refractivity contribution in [2.24, 2.45) is 0 Å². The largest absolute Gasteiger partial charge is 0.426 e. The molecule has 0 atom stereocenters. The van der Waals surface area contributed by atoms with Crippen LogP contribution in [0.4, 0.5) is 0 Å². The lowest BCUT2D eigenvalue weighted by atomic mass is 10.2. The van der Waals surface area contributed by atoms with Crippen molar-refractivity contribution < 1.29 is 38.9 Å². The van der Waals surface area contributed by atoms with E-state index >= 15 is 0 Å². The Bertz CT molecular complexity index is 781. The number of hydrogen-bond donors (Lipinski definition) is 1. The van der Waals surface area contributed by atoms with E-state index in [9.17, 15) is 29.8 Å². The van der Waals surface area contributed by atoms with Crippen molar-refractivity contribution in [1.29, 1.82) is 0 Å². The minimum Gasteiger partial charge on any atom is -0.426 e. The van der Waals surface area contributed by atoms with Gasteiger partial charge in [-0.25, -0.2) is 0 Å². The van der Waals surface area contributed by atoms with Crippen LogP contribution in [0.5, 0.6) is 11.5 Å². The van der Waals surface area contributed by atoms with Crippen LogP contribution in [-0.2, 0) is 25.0 Å². The molecule has 0 aromatic heterocycles. The van der Waals surface area contributed by atoms with Gasteiger partial charge in [0.25, 0.3) is 10.2 Å². The first-order valence-electron chi connectivity index (χ1n) is 9.17. The minimum absolute atomic E-state index is 0.0487. The summed E-state index contributed by atoms with van der Waals surface area (Å²) in [5, 5.41) is 18.3. The number of thioether (sulfide) groups is 2. The van der Waals surface area contributed by atoms with Gasteiger partial charge in [0.15, 0.2) is 0 Å².